The first kappa shape index (κ1) is 27.6. The van der Waals surface area contributed by atoms with Gasteiger partial charge in [-0.2, -0.15) is 0 Å². The number of benzene rings is 2. The van der Waals surface area contributed by atoms with Gasteiger partial charge in [0, 0.05) is 29.9 Å². The first-order chi connectivity index (χ1) is 17.8. The van der Waals surface area contributed by atoms with Crippen molar-refractivity contribution < 1.29 is 33.3 Å². The van der Waals surface area contributed by atoms with Gasteiger partial charge in [0.15, 0.2) is 18.1 Å². The molecule has 0 atom stereocenters. The van der Waals surface area contributed by atoms with Crippen LogP contribution in [0.3, 0.4) is 0 Å². The van der Waals surface area contributed by atoms with Gasteiger partial charge >= 0.3 is 5.97 Å². The first-order valence-electron chi connectivity index (χ1n) is 12.1. The lowest BCUT2D eigenvalue weighted by molar-refractivity contribution is -0.142. The summed E-state index contributed by atoms with van der Waals surface area (Å²) in [6.07, 6.45) is 1.35. The smallest absolute Gasteiger partial charge is 0.306 e. The summed E-state index contributed by atoms with van der Waals surface area (Å²) in [5.41, 5.74) is 4.44. The highest BCUT2D eigenvalue weighted by atomic mass is 16.5. The van der Waals surface area contributed by atoms with E-state index in [0.717, 1.165) is 35.7 Å². The molecule has 0 aliphatic rings. The second-order valence-electron chi connectivity index (χ2n) is 8.65. The molecule has 198 valence electrons. The molecule has 3 rings (SSSR count). The highest BCUT2D eigenvalue weighted by molar-refractivity contribution is 5.99. The van der Waals surface area contributed by atoms with Gasteiger partial charge in [-0.3, -0.25) is 9.59 Å². The van der Waals surface area contributed by atoms with E-state index in [2.05, 4.69) is 4.57 Å². The summed E-state index contributed by atoms with van der Waals surface area (Å²) in [4.78, 5) is 25.2. The quantitative estimate of drug-likeness (QED) is 0.243. The molecule has 0 saturated carbocycles. The van der Waals surface area contributed by atoms with Gasteiger partial charge in [-0.1, -0.05) is 12.1 Å². The molecule has 8 heteroatoms. The molecule has 0 radical (unpaired) electrons. The summed E-state index contributed by atoms with van der Waals surface area (Å²) in [6, 6.07) is 13.4. The highest BCUT2D eigenvalue weighted by Gasteiger charge is 2.18. The molecular weight excluding hydrogens is 474 g/mol. The van der Waals surface area contributed by atoms with Gasteiger partial charge in [0.05, 0.1) is 28.4 Å². The molecule has 0 saturated heterocycles. The number of esters is 1. The highest BCUT2D eigenvalue weighted by Crippen LogP contribution is 2.38. The van der Waals surface area contributed by atoms with Gasteiger partial charge in [0.2, 0.25) is 11.5 Å². The van der Waals surface area contributed by atoms with Crippen LogP contribution < -0.4 is 18.9 Å². The number of aryl methyl sites for hydroxylation is 3. The van der Waals surface area contributed by atoms with E-state index < -0.39 is 5.97 Å². The molecule has 37 heavy (non-hydrogen) atoms. The van der Waals surface area contributed by atoms with E-state index in [0.29, 0.717) is 29.2 Å². The van der Waals surface area contributed by atoms with E-state index in [1.807, 2.05) is 44.2 Å². The number of carbonyl (C=O) groups excluding carboxylic acids is 2. The van der Waals surface area contributed by atoms with Crippen molar-refractivity contribution in [2.45, 2.75) is 39.7 Å². The van der Waals surface area contributed by atoms with Crippen LogP contribution in [0.15, 0.2) is 42.5 Å². The minimum Gasteiger partial charge on any atom is -0.497 e. The van der Waals surface area contributed by atoms with Gasteiger partial charge in [0.25, 0.3) is 0 Å². The Bertz CT molecular complexity index is 1200. The molecule has 3 aromatic rings. The monoisotopic (exact) mass is 509 g/mol. The largest absolute Gasteiger partial charge is 0.497 e. The Balaban J connectivity index is 1.55. The molecule has 0 unspecified atom stereocenters. The van der Waals surface area contributed by atoms with E-state index in [1.165, 1.54) is 26.9 Å². The van der Waals surface area contributed by atoms with E-state index in [1.54, 1.807) is 19.2 Å². The lowest BCUT2D eigenvalue weighted by atomic mass is 10.1. The molecule has 0 aliphatic carbocycles. The summed E-state index contributed by atoms with van der Waals surface area (Å²) in [7, 11) is 6.26. The van der Waals surface area contributed by atoms with Crippen LogP contribution in [0.4, 0.5) is 0 Å². The van der Waals surface area contributed by atoms with Crippen molar-refractivity contribution >= 4 is 11.8 Å². The Hall–Kier alpha value is -3.94. The molecule has 8 nitrogen and oxygen atoms in total. The maximum atomic E-state index is 12.8. The number of hydrogen-bond acceptors (Lipinski definition) is 7. The second kappa shape index (κ2) is 12.9. The van der Waals surface area contributed by atoms with Crippen LogP contribution in [0.25, 0.3) is 0 Å². The van der Waals surface area contributed by atoms with Crippen LogP contribution in [0.2, 0.25) is 0 Å². The Labute approximate surface area is 218 Å². The average Bonchev–Trinajstić information content (AvgIpc) is 3.21. The van der Waals surface area contributed by atoms with Gasteiger partial charge < -0.3 is 28.3 Å². The Morgan fingerprint density at radius 2 is 1.43 bits per heavy atom. The lowest BCUT2D eigenvalue weighted by Gasteiger charge is -2.14. The number of aromatic nitrogens is 1. The maximum absolute atomic E-state index is 12.8. The van der Waals surface area contributed by atoms with Gasteiger partial charge in [0.1, 0.15) is 5.75 Å². The third-order valence-corrected chi connectivity index (χ3v) is 6.36. The van der Waals surface area contributed by atoms with Crippen LogP contribution in [-0.2, 0) is 28.9 Å². The number of carbonyl (C=O) groups is 2. The molecule has 0 N–H and O–H groups in total. The summed E-state index contributed by atoms with van der Waals surface area (Å²) >= 11 is 0. The van der Waals surface area contributed by atoms with Crippen LogP contribution in [0.5, 0.6) is 23.0 Å². The molecule has 0 bridgehead atoms. The number of nitrogens with zero attached hydrogens (tertiary/aromatic N) is 1. The summed E-state index contributed by atoms with van der Waals surface area (Å²) < 4.78 is 28.7. The van der Waals surface area contributed by atoms with Crippen molar-refractivity contribution in [1.82, 2.24) is 4.57 Å². The van der Waals surface area contributed by atoms with Crippen LogP contribution >= 0.6 is 0 Å². The molecule has 0 spiro atoms. The standard InChI is InChI=1S/C29H35NO7/c1-19-15-24(20(2)30(19)14-13-21-7-10-23(33-3)11-8-21)25(31)18-37-28(32)12-9-22-16-26(34-4)29(36-6)27(17-22)35-5/h7-8,10-11,15-17H,9,12-14,18H2,1-6H3. The fourth-order valence-electron chi connectivity index (χ4n) is 4.28. The molecule has 0 aliphatic heterocycles. The third kappa shape index (κ3) is 6.84. The fourth-order valence-corrected chi connectivity index (χ4v) is 4.28. The molecular formula is C29H35NO7. The number of Topliss-reactive ketones (excluding diaryl/α,β-unsaturated/α-hetero) is 1. The minimum atomic E-state index is -0.449. The molecule has 0 fully saturated rings. The summed E-state index contributed by atoms with van der Waals surface area (Å²) in [5.74, 6) is 1.68. The minimum absolute atomic E-state index is 0.118. The average molecular weight is 510 g/mol. The van der Waals surface area contributed by atoms with Gasteiger partial charge in [-0.15, -0.1) is 0 Å². The number of rotatable bonds is 13. The summed E-state index contributed by atoms with van der Waals surface area (Å²) in [5, 5.41) is 0. The lowest BCUT2D eigenvalue weighted by Crippen LogP contribution is -2.15. The zero-order valence-corrected chi connectivity index (χ0v) is 22.4. The molecule has 0 amide bonds. The molecule has 2 aromatic carbocycles. The van der Waals surface area contributed by atoms with E-state index >= 15 is 0 Å². The number of methoxy groups -OCH3 is 4. The van der Waals surface area contributed by atoms with E-state index in [9.17, 15) is 9.59 Å². The van der Waals surface area contributed by atoms with E-state index in [4.69, 9.17) is 23.7 Å². The molecule has 1 heterocycles. The maximum Gasteiger partial charge on any atom is 0.306 e. The van der Waals surface area contributed by atoms with Crippen molar-refractivity contribution in [3.05, 3.63) is 70.5 Å². The predicted octanol–water partition coefficient (Wildman–Crippen LogP) is 4.74. The zero-order valence-electron chi connectivity index (χ0n) is 22.4. The van der Waals surface area contributed by atoms with Crippen molar-refractivity contribution in [2.24, 2.45) is 0 Å². The Morgan fingerprint density at radius 1 is 0.784 bits per heavy atom. The van der Waals surface area contributed by atoms with Crippen molar-refractivity contribution in [3.8, 4) is 23.0 Å². The normalized spacial score (nSPS) is 10.6. The van der Waals surface area contributed by atoms with E-state index in [-0.39, 0.29) is 18.8 Å². The number of hydrogen-bond donors (Lipinski definition) is 0. The van der Waals surface area contributed by atoms with Gasteiger partial charge in [-0.25, -0.2) is 0 Å². The Morgan fingerprint density at radius 3 is 2.00 bits per heavy atom. The fraction of sp³-hybridized carbons (Fsp3) is 0.379. The van der Waals surface area contributed by atoms with Crippen LogP contribution in [-0.4, -0.2) is 51.4 Å². The zero-order chi connectivity index (χ0) is 26.9. The first-order valence-corrected chi connectivity index (χ1v) is 12.1. The third-order valence-electron chi connectivity index (χ3n) is 6.36. The number of ether oxygens (including phenoxy) is 5. The van der Waals surface area contributed by atoms with Crippen molar-refractivity contribution in [3.63, 3.8) is 0 Å². The van der Waals surface area contributed by atoms with Crippen LogP contribution in [0, 0.1) is 13.8 Å². The summed E-state index contributed by atoms with van der Waals surface area (Å²) in [6.45, 7) is 4.34. The second-order valence-corrected chi connectivity index (χ2v) is 8.65. The van der Waals surface area contributed by atoms with Crippen LogP contribution in [0.1, 0.15) is 39.3 Å². The predicted molar refractivity (Wildman–Crippen MR) is 140 cm³/mol. The number of ketones is 1. The molecule has 1 aromatic heterocycles. The van der Waals surface area contributed by atoms with Crippen molar-refractivity contribution in [2.75, 3.05) is 35.0 Å². The van der Waals surface area contributed by atoms with Gasteiger partial charge in [-0.05, 0) is 68.1 Å². The Kier molecular flexibility index (Phi) is 9.60. The SMILES string of the molecule is COc1ccc(CCn2c(C)cc(C(=O)COC(=O)CCc3cc(OC)c(OC)c(OC)c3)c2C)cc1. The topological polar surface area (TPSA) is 85.2 Å². The van der Waals surface area contributed by atoms with Crippen molar-refractivity contribution in [1.29, 1.82) is 0 Å².